The predicted molar refractivity (Wildman–Crippen MR) is 140 cm³/mol. The average Bonchev–Trinajstić information content (AvgIpc) is 3.43. The van der Waals surface area contributed by atoms with E-state index in [0.29, 0.717) is 53.0 Å². The molecule has 2 amide bonds. The van der Waals surface area contributed by atoms with Crippen molar-refractivity contribution in [1.29, 1.82) is 0 Å². The lowest BCUT2D eigenvalue weighted by Gasteiger charge is -2.41. The number of nitrogens with zero attached hydrogens (tertiary/aromatic N) is 1. The first-order chi connectivity index (χ1) is 18.4. The molecule has 2 saturated carbocycles. The van der Waals surface area contributed by atoms with Crippen molar-refractivity contribution in [3.05, 3.63) is 34.9 Å². The fraction of sp³-hybridized carbons (Fsp3) is 0.655. The maximum absolute atomic E-state index is 13.6. The fourth-order valence-electron chi connectivity index (χ4n) is 6.36. The first-order valence-corrected chi connectivity index (χ1v) is 14.0. The molecule has 5 rings (SSSR count). The van der Waals surface area contributed by atoms with Gasteiger partial charge >= 0.3 is 0 Å². The Kier molecular flexibility index (Phi) is 8.26. The van der Waals surface area contributed by atoms with Crippen LogP contribution in [-0.4, -0.2) is 77.1 Å². The minimum Gasteiger partial charge on any atom is -0.493 e. The van der Waals surface area contributed by atoms with Gasteiger partial charge in [-0.15, -0.1) is 0 Å². The van der Waals surface area contributed by atoms with Crippen molar-refractivity contribution in [3.8, 4) is 11.5 Å². The number of rotatable bonds is 11. The van der Waals surface area contributed by atoms with Gasteiger partial charge in [0.2, 0.25) is 11.8 Å². The van der Waals surface area contributed by atoms with Gasteiger partial charge in [-0.1, -0.05) is 25.7 Å². The monoisotopic (exact) mass is 528 g/mol. The molecular formula is C29H40N2O7. The van der Waals surface area contributed by atoms with Crippen molar-refractivity contribution in [1.82, 2.24) is 10.2 Å². The number of fused-ring (bicyclic) bond motifs is 3. The van der Waals surface area contributed by atoms with Gasteiger partial charge in [0.1, 0.15) is 12.2 Å². The van der Waals surface area contributed by atoms with Gasteiger partial charge in [-0.2, -0.15) is 0 Å². The van der Waals surface area contributed by atoms with E-state index in [9.17, 15) is 24.9 Å². The second-order valence-corrected chi connectivity index (χ2v) is 11.2. The SMILES string of the molecule is COc1cc(CO)cc2c1OC1C2C(C(=O)NCCO)=CC(N(CC2CC2)C(=O)CCC2CCCC2)C1O. The highest BCUT2D eigenvalue weighted by Gasteiger charge is 2.51. The molecule has 1 aromatic rings. The molecule has 1 aromatic carbocycles. The van der Waals surface area contributed by atoms with E-state index in [1.54, 1.807) is 23.1 Å². The molecule has 1 heterocycles. The number of aliphatic hydroxyl groups excluding tert-OH is 3. The zero-order valence-corrected chi connectivity index (χ0v) is 22.1. The van der Waals surface area contributed by atoms with E-state index in [2.05, 4.69) is 5.32 Å². The lowest BCUT2D eigenvalue weighted by molar-refractivity contribution is -0.137. The van der Waals surface area contributed by atoms with Crippen LogP contribution in [0.2, 0.25) is 0 Å². The number of nitrogens with one attached hydrogen (secondary N) is 1. The summed E-state index contributed by atoms with van der Waals surface area (Å²) in [5, 5.41) is 33.5. The van der Waals surface area contributed by atoms with E-state index in [-0.39, 0.29) is 31.6 Å². The van der Waals surface area contributed by atoms with Crippen LogP contribution in [0.4, 0.5) is 0 Å². The van der Waals surface area contributed by atoms with Gasteiger partial charge in [-0.25, -0.2) is 0 Å². The van der Waals surface area contributed by atoms with Crippen LogP contribution in [0.25, 0.3) is 0 Å². The number of hydrogen-bond acceptors (Lipinski definition) is 7. The highest BCUT2D eigenvalue weighted by Crippen LogP contribution is 2.51. The van der Waals surface area contributed by atoms with Crippen LogP contribution in [0.1, 0.15) is 68.4 Å². The molecule has 2 fully saturated rings. The van der Waals surface area contributed by atoms with E-state index in [4.69, 9.17) is 9.47 Å². The molecule has 4 atom stereocenters. The number of carbonyl (C=O) groups excluding carboxylic acids is 2. The molecule has 4 N–H and O–H groups in total. The molecule has 0 saturated heterocycles. The Morgan fingerprint density at radius 1 is 1.13 bits per heavy atom. The van der Waals surface area contributed by atoms with Crippen LogP contribution >= 0.6 is 0 Å². The average molecular weight is 529 g/mol. The third-order valence-corrected chi connectivity index (χ3v) is 8.57. The molecule has 4 aliphatic rings. The van der Waals surface area contributed by atoms with Crippen molar-refractivity contribution in [2.45, 2.75) is 82.1 Å². The lowest BCUT2D eigenvalue weighted by Crippen LogP contribution is -2.56. The van der Waals surface area contributed by atoms with Crippen molar-refractivity contribution in [2.75, 3.05) is 26.8 Å². The smallest absolute Gasteiger partial charge is 0.247 e. The first kappa shape index (κ1) is 27.0. The van der Waals surface area contributed by atoms with Crippen molar-refractivity contribution >= 4 is 11.8 Å². The number of hydrogen-bond donors (Lipinski definition) is 4. The van der Waals surface area contributed by atoms with Crippen molar-refractivity contribution in [2.24, 2.45) is 11.8 Å². The van der Waals surface area contributed by atoms with Gasteiger partial charge in [0.05, 0.1) is 32.3 Å². The predicted octanol–water partition coefficient (Wildman–Crippen LogP) is 2.02. The van der Waals surface area contributed by atoms with Crippen LogP contribution in [0.3, 0.4) is 0 Å². The van der Waals surface area contributed by atoms with Gasteiger partial charge in [-0.3, -0.25) is 9.59 Å². The summed E-state index contributed by atoms with van der Waals surface area (Å²) in [4.78, 5) is 28.8. The standard InChI is InChI=1S/C29H40N2O7/c1-37-23-13-19(16-33)12-20-25-21(29(36)30-10-11-32)14-22(26(35)28(25)38-27(20)23)31(15-18-6-7-18)24(34)9-8-17-4-2-3-5-17/h12-14,17-18,22,25-26,28,32-33,35H,2-11,15-16H2,1H3,(H,30,36). The highest BCUT2D eigenvalue weighted by molar-refractivity contribution is 5.96. The van der Waals surface area contributed by atoms with Crippen LogP contribution < -0.4 is 14.8 Å². The zero-order chi connectivity index (χ0) is 26.8. The molecule has 208 valence electrons. The van der Waals surface area contributed by atoms with Gasteiger partial charge in [0.15, 0.2) is 11.5 Å². The quantitative estimate of drug-likeness (QED) is 0.346. The topological polar surface area (TPSA) is 129 Å². The van der Waals surface area contributed by atoms with E-state index in [0.717, 1.165) is 19.3 Å². The second-order valence-electron chi connectivity index (χ2n) is 11.2. The Bertz CT molecular complexity index is 1060. The second kappa shape index (κ2) is 11.6. The molecule has 38 heavy (non-hydrogen) atoms. The summed E-state index contributed by atoms with van der Waals surface area (Å²) in [7, 11) is 1.51. The third-order valence-electron chi connectivity index (χ3n) is 8.57. The van der Waals surface area contributed by atoms with E-state index < -0.39 is 24.2 Å². The summed E-state index contributed by atoms with van der Waals surface area (Å²) >= 11 is 0. The maximum Gasteiger partial charge on any atom is 0.247 e. The first-order valence-electron chi connectivity index (χ1n) is 14.0. The molecule has 3 aliphatic carbocycles. The number of methoxy groups -OCH3 is 1. The molecular weight excluding hydrogens is 488 g/mol. The van der Waals surface area contributed by atoms with Gasteiger partial charge < -0.3 is 35.0 Å². The van der Waals surface area contributed by atoms with Gasteiger partial charge in [0, 0.05) is 30.6 Å². The van der Waals surface area contributed by atoms with Crippen molar-refractivity contribution in [3.63, 3.8) is 0 Å². The Morgan fingerprint density at radius 3 is 2.55 bits per heavy atom. The van der Waals surface area contributed by atoms with Crippen LogP contribution in [0, 0.1) is 11.8 Å². The van der Waals surface area contributed by atoms with Gasteiger partial charge in [0.25, 0.3) is 0 Å². The Balaban J connectivity index is 1.49. The largest absolute Gasteiger partial charge is 0.493 e. The lowest BCUT2D eigenvalue weighted by atomic mass is 9.77. The molecule has 0 aromatic heterocycles. The van der Waals surface area contributed by atoms with Crippen LogP contribution in [0.5, 0.6) is 11.5 Å². The number of ether oxygens (including phenoxy) is 2. The summed E-state index contributed by atoms with van der Waals surface area (Å²) in [6.07, 6.45) is 8.05. The van der Waals surface area contributed by atoms with E-state index in [1.807, 2.05) is 0 Å². The summed E-state index contributed by atoms with van der Waals surface area (Å²) < 4.78 is 11.8. The number of benzene rings is 1. The fourth-order valence-corrected chi connectivity index (χ4v) is 6.36. The number of carbonyl (C=O) groups is 2. The normalized spacial score (nSPS) is 26.3. The molecule has 9 nitrogen and oxygen atoms in total. The maximum atomic E-state index is 13.6. The Morgan fingerprint density at radius 2 is 1.89 bits per heavy atom. The number of aliphatic hydroxyl groups is 3. The Hall–Kier alpha value is -2.62. The zero-order valence-electron chi connectivity index (χ0n) is 22.1. The van der Waals surface area contributed by atoms with Crippen LogP contribution in [0.15, 0.2) is 23.8 Å². The van der Waals surface area contributed by atoms with Gasteiger partial charge in [-0.05, 0) is 54.9 Å². The molecule has 4 unspecified atom stereocenters. The summed E-state index contributed by atoms with van der Waals surface area (Å²) in [6.45, 7) is 0.213. The summed E-state index contributed by atoms with van der Waals surface area (Å²) in [5.41, 5.74) is 1.65. The van der Waals surface area contributed by atoms with E-state index >= 15 is 0 Å². The molecule has 0 radical (unpaired) electrons. The summed E-state index contributed by atoms with van der Waals surface area (Å²) in [6, 6.07) is 2.75. The molecule has 0 bridgehead atoms. The number of amides is 2. The minimum absolute atomic E-state index is 0.00771. The van der Waals surface area contributed by atoms with Crippen LogP contribution in [-0.2, 0) is 16.2 Å². The van der Waals surface area contributed by atoms with Crippen molar-refractivity contribution < 1.29 is 34.4 Å². The highest BCUT2D eigenvalue weighted by atomic mass is 16.5. The molecule has 0 spiro atoms. The minimum atomic E-state index is -1.06. The van der Waals surface area contributed by atoms with E-state index in [1.165, 1.54) is 32.8 Å². The Labute approximate surface area is 223 Å². The molecule has 9 heteroatoms. The third kappa shape index (κ3) is 5.42. The summed E-state index contributed by atoms with van der Waals surface area (Å²) in [5.74, 6) is 0.868. The molecule has 1 aliphatic heterocycles.